The van der Waals surface area contributed by atoms with Crippen LogP contribution in [0.4, 0.5) is 0 Å². The van der Waals surface area contributed by atoms with E-state index in [1.165, 1.54) is 0 Å². The third-order valence-corrected chi connectivity index (χ3v) is 4.28. The molecule has 1 aliphatic rings. The highest BCUT2D eigenvalue weighted by molar-refractivity contribution is 5.78. The zero-order chi connectivity index (χ0) is 17.1. The fraction of sp³-hybridized carbons (Fsp3) is 0.444. The van der Waals surface area contributed by atoms with Crippen LogP contribution in [-0.4, -0.2) is 59.2 Å². The van der Waals surface area contributed by atoms with Crippen molar-refractivity contribution >= 4 is 5.91 Å². The summed E-state index contributed by atoms with van der Waals surface area (Å²) in [7, 11) is 4.03. The van der Waals surface area contributed by atoms with Crippen molar-refractivity contribution in [1.82, 2.24) is 19.6 Å². The Hall–Kier alpha value is -2.34. The van der Waals surface area contributed by atoms with Crippen LogP contribution in [0.1, 0.15) is 12.5 Å². The lowest BCUT2D eigenvalue weighted by molar-refractivity contribution is -0.132. The number of aromatic nitrogens is 2. The molecule has 0 radical (unpaired) electrons. The topological polar surface area (TPSA) is 50.6 Å². The minimum atomic E-state index is 0.0919. The standard InChI is InChI=1S/C18H24N4O2/c1-4-21(10-9-20(2)3)17(23)12-22-18-14(11-19-22)13-24-16-8-6-5-7-15(16)18/h5-8,11H,4,9-10,12-13H2,1-3H3. The number of para-hydroxylation sites is 1. The molecule has 0 saturated carbocycles. The Morgan fingerprint density at radius 1 is 1.29 bits per heavy atom. The molecule has 24 heavy (non-hydrogen) atoms. The second-order valence-corrected chi connectivity index (χ2v) is 6.24. The van der Waals surface area contributed by atoms with Gasteiger partial charge in [0, 0.05) is 30.8 Å². The lowest BCUT2D eigenvalue weighted by atomic mass is 10.0. The van der Waals surface area contributed by atoms with Crippen LogP contribution >= 0.6 is 0 Å². The molecule has 0 bridgehead atoms. The number of carbonyl (C=O) groups excluding carboxylic acids is 1. The Labute approximate surface area is 142 Å². The molecule has 1 aromatic heterocycles. The Morgan fingerprint density at radius 3 is 2.83 bits per heavy atom. The number of rotatable bonds is 6. The first-order chi connectivity index (χ1) is 11.6. The highest BCUT2D eigenvalue weighted by Gasteiger charge is 2.23. The van der Waals surface area contributed by atoms with Crippen molar-refractivity contribution in [2.45, 2.75) is 20.1 Å². The van der Waals surface area contributed by atoms with E-state index in [2.05, 4.69) is 10.00 Å². The smallest absolute Gasteiger partial charge is 0.244 e. The van der Waals surface area contributed by atoms with E-state index < -0.39 is 0 Å². The van der Waals surface area contributed by atoms with Gasteiger partial charge in [0.25, 0.3) is 0 Å². The van der Waals surface area contributed by atoms with Crippen molar-refractivity contribution in [2.24, 2.45) is 0 Å². The van der Waals surface area contributed by atoms with Gasteiger partial charge in [0.2, 0.25) is 5.91 Å². The van der Waals surface area contributed by atoms with E-state index in [0.717, 1.165) is 35.7 Å². The summed E-state index contributed by atoms with van der Waals surface area (Å²) in [6.45, 7) is 5.05. The van der Waals surface area contributed by atoms with E-state index in [0.29, 0.717) is 13.2 Å². The van der Waals surface area contributed by atoms with Crippen LogP contribution in [0, 0.1) is 0 Å². The molecule has 0 saturated heterocycles. The number of hydrogen-bond donors (Lipinski definition) is 0. The molecule has 0 fully saturated rings. The number of likely N-dealkylation sites (N-methyl/N-ethyl adjacent to an activating group) is 2. The van der Waals surface area contributed by atoms with Crippen molar-refractivity contribution in [1.29, 1.82) is 0 Å². The summed E-state index contributed by atoms with van der Waals surface area (Å²) in [5, 5.41) is 4.43. The molecule has 0 spiro atoms. The molecule has 6 heteroatoms. The number of benzene rings is 1. The molecule has 0 aliphatic carbocycles. The Kier molecular flexibility index (Phi) is 4.85. The van der Waals surface area contributed by atoms with Gasteiger partial charge in [-0.1, -0.05) is 12.1 Å². The zero-order valence-electron chi connectivity index (χ0n) is 14.5. The van der Waals surface area contributed by atoms with Crippen LogP contribution in [0.25, 0.3) is 11.3 Å². The predicted octanol–water partition coefficient (Wildman–Crippen LogP) is 1.85. The second kappa shape index (κ2) is 7.05. The fourth-order valence-electron chi connectivity index (χ4n) is 2.91. The molecule has 1 aromatic carbocycles. The third kappa shape index (κ3) is 3.28. The maximum absolute atomic E-state index is 12.7. The molecular formula is C18H24N4O2. The third-order valence-electron chi connectivity index (χ3n) is 4.28. The van der Waals surface area contributed by atoms with Crippen molar-refractivity contribution in [3.8, 4) is 17.0 Å². The van der Waals surface area contributed by atoms with Crippen molar-refractivity contribution in [3.63, 3.8) is 0 Å². The number of nitrogens with zero attached hydrogens (tertiary/aromatic N) is 4. The summed E-state index contributed by atoms with van der Waals surface area (Å²) in [4.78, 5) is 16.6. The van der Waals surface area contributed by atoms with Gasteiger partial charge in [0.1, 0.15) is 18.9 Å². The monoisotopic (exact) mass is 328 g/mol. The normalized spacial score (nSPS) is 12.5. The summed E-state index contributed by atoms with van der Waals surface area (Å²) in [5.74, 6) is 0.938. The van der Waals surface area contributed by atoms with Gasteiger partial charge >= 0.3 is 0 Å². The molecule has 1 amide bonds. The Balaban J connectivity index is 1.80. The Bertz CT molecular complexity index is 724. The van der Waals surface area contributed by atoms with Crippen LogP contribution < -0.4 is 4.74 Å². The van der Waals surface area contributed by atoms with Gasteiger partial charge in [-0.3, -0.25) is 9.48 Å². The molecule has 2 aromatic rings. The van der Waals surface area contributed by atoms with E-state index in [9.17, 15) is 4.79 Å². The van der Waals surface area contributed by atoms with E-state index >= 15 is 0 Å². The highest BCUT2D eigenvalue weighted by atomic mass is 16.5. The summed E-state index contributed by atoms with van der Waals surface area (Å²) >= 11 is 0. The molecule has 2 heterocycles. The summed E-state index contributed by atoms with van der Waals surface area (Å²) < 4.78 is 7.55. The Morgan fingerprint density at radius 2 is 2.08 bits per heavy atom. The maximum atomic E-state index is 12.7. The molecule has 3 rings (SSSR count). The van der Waals surface area contributed by atoms with E-state index in [4.69, 9.17) is 4.74 Å². The maximum Gasteiger partial charge on any atom is 0.244 e. The van der Waals surface area contributed by atoms with Gasteiger partial charge in [0.15, 0.2) is 0 Å². The number of hydrogen-bond acceptors (Lipinski definition) is 4. The minimum absolute atomic E-state index is 0.0919. The van der Waals surface area contributed by atoms with Gasteiger partial charge in [-0.25, -0.2) is 0 Å². The van der Waals surface area contributed by atoms with Gasteiger partial charge < -0.3 is 14.5 Å². The van der Waals surface area contributed by atoms with Crippen molar-refractivity contribution in [3.05, 3.63) is 36.0 Å². The van der Waals surface area contributed by atoms with Gasteiger partial charge in [-0.05, 0) is 33.2 Å². The highest BCUT2D eigenvalue weighted by Crippen LogP contribution is 2.36. The molecular weight excluding hydrogens is 304 g/mol. The molecule has 0 atom stereocenters. The largest absolute Gasteiger partial charge is 0.488 e. The molecule has 0 unspecified atom stereocenters. The van der Waals surface area contributed by atoms with Crippen LogP contribution in [-0.2, 0) is 17.9 Å². The van der Waals surface area contributed by atoms with Gasteiger partial charge in [0.05, 0.1) is 11.9 Å². The summed E-state index contributed by atoms with van der Waals surface area (Å²) in [6, 6.07) is 7.90. The van der Waals surface area contributed by atoms with Crippen LogP contribution in [0.15, 0.2) is 30.5 Å². The SMILES string of the molecule is CCN(CCN(C)C)C(=O)Cn1ncc2c1-c1ccccc1OC2. The molecule has 128 valence electrons. The predicted molar refractivity (Wildman–Crippen MR) is 92.8 cm³/mol. The first kappa shape index (κ1) is 16.5. The van der Waals surface area contributed by atoms with Gasteiger partial charge in [-0.2, -0.15) is 5.10 Å². The van der Waals surface area contributed by atoms with E-state index in [1.807, 2.05) is 50.2 Å². The molecule has 6 nitrogen and oxygen atoms in total. The summed E-state index contributed by atoms with van der Waals surface area (Å²) in [5.41, 5.74) is 3.02. The van der Waals surface area contributed by atoms with Gasteiger partial charge in [-0.15, -0.1) is 0 Å². The van der Waals surface area contributed by atoms with Crippen LogP contribution in [0.5, 0.6) is 5.75 Å². The first-order valence-corrected chi connectivity index (χ1v) is 8.29. The summed E-state index contributed by atoms with van der Waals surface area (Å²) in [6.07, 6.45) is 1.80. The van der Waals surface area contributed by atoms with E-state index in [1.54, 1.807) is 10.9 Å². The lowest BCUT2D eigenvalue weighted by Crippen LogP contribution is -2.38. The number of amides is 1. The molecule has 0 N–H and O–H groups in total. The number of carbonyl (C=O) groups is 1. The molecule has 1 aliphatic heterocycles. The second-order valence-electron chi connectivity index (χ2n) is 6.24. The quantitative estimate of drug-likeness (QED) is 0.812. The first-order valence-electron chi connectivity index (χ1n) is 8.29. The van der Waals surface area contributed by atoms with Crippen molar-refractivity contribution < 1.29 is 9.53 Å². The average Bonchev–Trinajstić information content (AvgIpc) is 2.98. The number of ether oxygens (including phenoxy) is 1. The average molecular weight is 328 g/mol. The zero-order valence-corrected chi connectivity index (χ0v) is 14.5. The van der Waals surface area contributed by atoms with Crippen LogP contribution in [0.2, 0.25) is 0 Å². The van der Waals surface area contributed by atoms with Crippen molar-refractivity contribution in [2.75, 3.05) is 33.7 Å². The lowest BCUT2D eigenvalue weighted by Gasteiger charge is -2.24. The fourth-order valence-corrected chi connectivity index (χ4v) is 2.91. The number of fused-ring (bicyclic) bond motifs is 3. The van der Waals surface area contributed by atoms with Crippen LogP contribution in [0.3, 0.4) is 0 Å². The minimum Gasteiger partial charge on any atom is -0.488 e. The van der Waals surface area contributed by atoms with E-state index in [-0.39, 0.29) is 12.5 Å².